The van der Waals surface area contributed by atoms with E-state index < -0.39 is 0 Å². The van der Waals surface area contributed by atoms with Gasteiger partial charge in [-0.1, -0.05) is 6.07 Å². The van der Waals surface area contributed by atoms with E-state index in [-0.39, 0.29) is 11.3 Å². The van der Waals surface area contributed by atoms with Gasteiger partial charge in [0, 0.05) is 38.7 Å². The van der Waals surface area contributed by atoms with Crippen LogP contribution in [0, 0.1) is 5.41 Å². The molecule has 22 heavy (non-hydrogen) atoms. The van der Waals surface area contributed by atoms with Crippen molar-refractivity contribution in [3.05, 3.63) is 22.4 Å². The Hall–Kier alpha value is -0.950. The smallest absolute Gasteiger partial charge is 0.264 e. The van der Waals surface area contributed by atoms with Gasteiger partial charge >= 0.3 is 0 Å². The van der Waals surface area contributed by atoms with Gasteiger partial charge in [0.25, 0.3) is 5.91 Å². The highest BCUT2D eigenvalue weighted by atomic mass is 32.1. The molecule has 122 valence electrons. The van der Waals surface area contributed by atoms with Gasteiger partial charge in [0.1, 0.15) is 0 Å². The minimum Gasteiger partial charge on any atom is -0.383 e. The fraction of sp³-hybridized carbons (Fsp3) is 0.688. The Balaban J connectivity index is 1.67. The van der Waals surface area contributed by atoms with E-state index in [4.69, 9.17) is 9.47 Å². The lowest BCUT2D eigenvalue weighted by Gasteiger charge is -2.31. The Labute approximate surface area is 135 Å². The largest absolute Gasteiger partial charge is 0.383 e. The fourth-order valence-electron chi connectivity index (χ4n) is 3.41. The first-order valence-electron chi connectivity index (χ1n) is 7.84. The molecule has 3 rings (SSSR count). The van der Waals surface area contributed by atoms with Crippen molar-refractivity contribution in [3.63, 3.8) is 0 Å². The number of thiophene rings is 1. The van der Waals surface area contributed by atoms with Gasteiger partial charge in [-0.2, -0.15) is 0 Å². The van der Waals surface area contributed by atoms with Crippen molar-refractivity contribution in [1.82, 2.24) is 9.80 Å². The summed E-state index contributed by atoms with van der Waals surface area (Å²) >= 11 is 1.52. The summed E-state index contributed by atoms with van der Waals surface area (Å²) in [5.41, 5.74) is 0.0805. The van der Waals surface area contributed by atoms with Crippen molar-refractivity contribution in [2.75, 3.05) is 59.7 Å². The highest BCUT2D eigenvalue weighted by Crippen LogP contribution is 2.33. The SMILES string of the molecule is COCCN1CC[C@@]2(COCCN(C(=O)c3cccs3)C2)C1. The van der Waals surface area contributed by atoms with E-state index in [0.29, 0.717) is 13.2 Å². The van der Waals surface area contributed by atoms with Crippen LogP contribution < -0.4 is 0 Å². The Morgan fingerprint density at radius 1 is 1.45 bits per heavy atom. The van der Waals surface area contributed by atoms with Crippen LogP contribution in [0.3, 0.4) is 0 Å². The molecule has 0 saturated carbocycles. The molecule has 3 heterocycles. The minimum atomic E-state index is 0.0805. The summed E-state index contributed by atoms with van der Waals surface area (Å²) in [6.07, 6.45) is 1.09. The quantitative estimate of drug-likeness (QED) is 0.843. The van der Waals surface area contributed by atoms with Crippen molar-refractivity contribution in [2.45, 2.75) is 6.42 Å². The third-order valence-electron chi connectivity index (χ3n) is 4.59. The molecule has 0 bridgehead atoms. The average molecular weight is 324 g/mol. The van der Waals surface area contributed by atoms with Crippen LogP contribution in [0.25, 0.3) is 0 Å². The molecule has 6 heteroatoms. The molecule has 2 aliphatic rings. The number of rotatable bonds is 4. The van der Waals surface area contributed by atoms with Gasteiger partial charge in [0.2, 0.25) is 0 Å². The number of hydrogen-bond acceptors (Lipinski definition) is 5. The maximum absolute atomic E-state index is 12.7. The Bertz CT molecular complexity index is 494. The first-order valence-corrected chi connectivity index (χ1v) is 8.72. The number of methoxy groups -OCH3 is 1. The van der Waals surface area contributed by atoms with Gasteiger partial charge in [-0.25, -0.2) is 0 Å². The van der Waals surface area contributed by atoms with E-state index in [0.717, 1.165) is 50.7 Å². The number of hydrogen-bond donors (Lipinski definition) is 0. The monoisotopic (exact) mass is 324 g/mol. The maximum Gasteiger partial charge on any atom is 0.264 e. The van der Waals surface area contributed by atoms with Crippen LogP contribution in [-0.4, -0.2) is 75.4 Å². The van der Waals surface area contributed by atoms with E-state index in [1.165, 1.54) is 11.3 Å². The number of nitrogens with zero attached hydrogens (tertiary/aromatic N) is 2. The van der Waals surface area contributed by atoms with E-state index in [1.807, 2.05) is 22.4 Å². The Kier molecular flexibility index (Phi) is 5.13. The lowest BCUT2D eigenvalue weighted by Crippen LogP contribution is -2.43. The summed E-state index contributed by atoms with van der Waals surface area (Å²) in [7, 11) is 1.74. The second-order valence-electron chi connectivity index (χ2n) is 6.28. The lowest BCUT2D eigenvalue weighted by atomic mass is 9.87. The highest BCUT2D eigenvalue weighted by Gasteiger charge is 2.42. The van der Waals surface area contributed by atoms with Gasteiger partial charge in [-0.3, -0.25) is 4.79 Å². The molecule has 1 atom stereocenters. The first-order chi connectivity index (χ1) is 10.7. The summed E-state index contributed by atoms with van der Waals surface area (Å²) in [5, 5.41) is 1.96. The Morgan fingerprint density at radius 3 is 3.14 bits per heavy atom. The molecule has 0 aromatic carbocycles. The molecule has 5 nitrogen and oxygen atoms in total. The second-order valence-corrected chi connectivity index (χ2v) is 7.22. The Morgan fingerprint density at radius 2 is 2.36 bits per heavy atom. The zero-order chi connectivity index (χ0) is 15.4. The summed E-state index contributed by atoms with van der Waals surface area (Å²) in [6.45, 7) is 6.65. The number of ether oxygens (including phenoxy) is 2. The molecule has 0 N–H and O–H groups in total. The van der Waals surface area contributed by atoms with E-state index in [2.05, 4.69) is 4.90 Å². The summed E-state index contributed by atoms with van der Waals surface area (Å²) in [6, 6.07) is 3.84. The molecule has 0 unspecified atom stereocenters. The molecule has 0 radical (unpaired) electrons. The normalized spacial score (nSPS) is 26.5. The van der Waals surface area contributed by atoms with Crippen molar-refractivity contribution in [3.8, 4) is 0 Å². The molecule has 2 aliphatic heterocycles. The van der Waals surface area contributed by atoms with E-state index in [1.54, 1.807) is 7.11 Å². The predicted molar refractivity (Wildman–Crippen MR) is 86.4 cm³/mol. The van der Waals surface area contributed by atoms with Crippen molar-refractivity contribution in [1.29, 1.82) is 0 Å². The van der Waals surface area contributed by atoms with Crippen LogP contribution in [0.15, 0.2) is 17.5 Å². The molecule has 0 aliphatic carbocycles. The molecule has 2 fully saturated rings. The number of carbonyl (C=O) groups is 1. The van der Waals surface area contributed by atoms with Gasteiger partial charge in [-0.05, 0) is 24.4 Å². The van der Waals surface area contributed by atoms with E-state index >= 15 is 0 Å². The van der Waals surface area contributed by atoms with Crippen molar-refractivity contribution >= 4 is 17.2 Å². The second kappa shape index (κ2) is 7.08. The van der Waals surface area contributed by atoms with E-state index in [9.17, 15) is 4.79 Å². The topological polar surface area (TPSA) is 42.0 Å². The molecule has 1 spiro atoms. The summed E-state index contributed by atoms with van der Waals surface area (Å²) in [5.74, 6) is 0.148. The van der Waals surface area contributed by atoms with Crippen LogP contribution in [0.2, 0.25) is 0 Å². The average Bonchev–Trinajstić information content (AvgIpc) is 3.13. The van der Waals surface area contributed by atoms with Crippen molar-refractivity contribution < 1.29 is 14.3 Å². The number of carbonyl (C=O) groups excluding carboxylic acids is 1. The summed E-state index contributed by atoms with van der Waals surface area (Å²) in [4.78, 5) is 17.9. The van der Waals surface area contributed by atoms with Crippen LogP contribution in [-0.2, 0) is 9.47 Å². The third-order valence-corrected chi connectivity index (χ3v) is 5.45. The van der Waals surface area contributed by atoms with Gasteiger partial charge in [0.05, 0.1) is 24.7 Å². The van der Waals surface area contributed by atoms with Crippen LogP contribution >= 0.6 is 11.3 Å². The molecular weight excluding hydrogens is 300 g/mol. The summed E-state index contributed by atoms with van der Waals surface area (Å²) < 4.78 is 11.0. The van der Waals surface area contributed by atoms with Crippen molar-refractivity contribution in [2.24, 2.45) is 5.41 Å². The van der Waals surface area contributed by atoms with Gasteiger partial charge in [-0.15, -0.1) is 11.3 Å². The highest BCUT2D eigenvalue weighted by molar-refractivity contribution is 7.12. The van der Waals surface area contributed by atoms with Crippen LogP contribution in [0.1, 0.15) is 16.1 Å². The zero-order valence-electron chi connectivity index (χ0n) is 13.1. The molecular formula is C16H24N2O3S. The number of likely N-dealkylation sites (tertiary alicyclic amines) is 1. The first kappa shape index (κ1) is 15.9. The predicted octanol–water partition coefficient (Wildman–Crippen LogP) is 1.56. The van der Waals surface area contributed by atoms with Crippen LogP contribution in [0.5, 0.6) is 0 Å². The standard InChI is InChI=1S/C16H24N2O3S/c1-20-8-6-17-5-4-16(11-17)12-18(7-9-21-13-16)15(19)14-3-2-10-22-14/h2-3,10H,4-9,11-13H2,1H3/t16-/m1/s1. The van der Waals surface area contributed by atoms with Gasteiger partial charge in [0.15, 0.2) is 0 Å². The molecule has 1 aromatic rings. The molecule has 1 amide bonds. The maximum atomic E-state index is 12.7. The van der Waals surface area contributed by atoms with Crippen LogP contribution in [0.4, 0.5) is 0 Å². The third kappa shape index (κ3) is 3.51. The van der Waals surface area contributed by atoms with Gasteiger partial charge < -0.3 is 19.3 Å². The number of amides is 1. The molecule has 2 saturated heterocycles. The minimum absolute atomic E-state index is 0.0805. The lowest BCUT2D eigenvalue weighted by molar-refractivity contribution is 0.0631. The fourth-order valence-corrected chi connectivity index (χ4v) is 4.10. The zero-order valence-corrected chi connectivity index (χ0v) is 13.9. The molecule has 1 aromatic heterocycles.